The van der Waals surface area contributed by atoms with Gasteiger partial charge in [-0.15, -0.1) is 0 Å². The summed E-state index contributed by atoms with van der Waals surface area (Å²) < 4.78 is 6.20. The number of benzene rings is 1. The highest BCUT2D eigenvalue weighted by molar-refractivity contribution is 7.13. The van der Waals surface area contributed by atoms with E-state index >= 15 is 0 Å². The van der Waals surface area contributed by atoms with Crippen molar-refractivity contribution in [3.63, 3.8) is 0 Å². The molecular weight excluding hydrogens is 336 g/mol. The third-order valence-electron chi connectivity index (χ3n) is 4.11. The van der Waals surface area contributed by atoms with Crippen LogP contribution in [0.3, 0.4) is 0 Å². The first-order valence-corrected chi connectivity index (χ1v) is 8.98. The molecule has 0 radical (unpaired) electrons. The summed E-state index contributed by atoms with van der Waals surface area (Å²) in [6.45, 7) is 5.90. The largest absolute Gasteiger partial charge is 0.352 e. The van der Waals surface area contributed by atoms with Crippen molar-refractivity contribution in [2.75, 3.05) is 0 Å². The highest BCUT2D eigenvalue weighted by atomic mass is 32.1. The first kappa shape index (κ1) is 17.3. The van der Waals surface area contributed by atoms with Gasteiger partial charge in [-0.1, -0.05) is 36.8 Å². The summed E-state index contributed by atoms with van der Waals surface area (Å²) in [5.74, 6) is -0.194. The number of hydrogen-bond donors (Lipinski definition) is 1. The maximum atomic E-state index is 12.6. The van der Waals surface area contributed by atoms with Gasteiger partial charge in [-0.2, -0.15) is 4.37 Å². The standard InChI is InChI=1S/C18H20N4O2S/c1-4-12(3)20-14(23)9-22-10-19-16-15(21-25-17(16)18(22)24)13-7-5-11(2)6-8-13/h5-8,10,12H,4,9H2,1-3H3,(H,20,23)/t12-/m1/s1. The minimum atomic E-state index is -0.236. The van der Waals surface area contributed by atoms with Gasteiger partial charge in [0.2, 0.25) is 5.91 Å². The maximum Gasteiger partial charge on any atom is 0.273 e. The van der Waals surface area contributed by atoms with Crippen LogP contribution in [0.5, 0.6) is 0 Å². The number of carbonyl (C=O) groups is 1. The molecule has 0 aliphatic rings. The third kappa shape index (κ3) is 3.61. The molecule has 0 saturated heterocycles. The van der Waals surface area contributed by atoms with E-state index < -0.39 is 0 Å². The Balaban J connectivity index is 1.93. The van der Waals surface area contributed by atoms with Crippen LogP contribution in [0.2, 0.25) is 0 Å². The number of fused-ring (bicyclic) bond motifs is 1. The molecule has 3 aromatic rings. The molecule has 2 heterocycles. The molecule has 6 nitrogen and oxygen atoms in total. The molecule has 0 unspecified atom stereocenters. The second-order valence-electron chi connectivity index (χ2n) is 6.13. The molecule has 25 heavy (non-hydrogen) atoms. The van der Waals surface area contributed by atoms with Gasteiger partial charge in [0.15, 0.2) is 0 Å². The van der Waals surface area contributed by atoms with E-state index in [0.29, 0.717) is 15.9 Å². The Bertz CT molecular complexity index is 959. The van der Waals surface area contributed by atoms with E-state index in [1.807, 2.05) is 45.0 Å². The fourth-order valence-electron chi connectivity index (χ4n) is 2.45. The van der Waals surface area contributed by atoms with Crippen molar-refractivity contribution < 1.29 is 4.79 Å². The topological polar surface area (TPSA) is 76.9 Å². The van der Waals surface area contributed by atoms with E-state index in [1.165, 1.54) is 10.9 Å². The Labute approximate surface area is 149 Å². The molecule has 2 aromatic heterocycles. The summed E-state index contributed by atoms with van der Waals surface area (Å²) in [5.41, 5.74) is 3.13. The molecule has 0 aliphatic carbocycles. The zero-order valence-corrected chi connectivity index (χ0v) is 15.3. The van der Waals surface area contributed by atoms with E-state index in [0.717, 1.165) is 29.1 Å². The first-order valence-electron chi connectivity index (χ1n) is 8.20. The molecule has 0 spiro atoms. The molecule has 0 fully saturated rings. The van der Waals surface area contributed by atoms with Crippen LogP contribution in [0.4, 0.5) is 0 Å². The fourth-order valence-corrected chi connectivity index (χ4v) is 3.25. The van der Waals surface area contributed by atoms with Gasteiger partial charge in [0, 0.05) is 11.6 Å². The second-order valence-corrected chi connectivity index (χ2v) is 6.90. The number of amides is 1. The van der Waals surface area contributed by atoms with Crippen LogP contribution in [-0.4, -0.2) is 25.9 Å². The lowest BCUT2D eigenvalue weighted by Crippen LogP contribution is -2.37. The van der Waals surface area contributed by atoms with Crippen LogP contribution >= 0.6 is 11.5 Å². The molecule has 7 heteroatoms. The van der Waals surface area contributed by atoms with Crippen molar-refractivity contribution in [1.82, 2.24) is 19.2 Å². The van der Waals surface area contributed by atoms with Crippen molar-refractivity contribution in [2.24, 2.45) is 0 Å². The summed E-state index contributed by atoms with van der Waals surface area (Å²) in [4.78, 5) is 29.0. The van der Waals surface area contributed by atoms with Crippen LogP contribution in [-0.2, 0) is 11.3 Å². The van der Waals surface area contributed by atoms with Gasteiger partial charge in [0.05, 0.1) is 6.33 Å². The summed E-state index contributed by atoms with van der Waals surface area (Å²) >= 11 is 1.12. The fraction of sp³-hybridized carbons (Fsp3) is 0.333. The average molecular weight is 356 g/mol. The summed E-state index contributed by atoms with van der Waals surface area (Å²) in [7, 11) is 0. The van der Waals surface area contributed by atoms with E-state index in [-0.39, 0.29) is 24.1 Å². The lowest BCUT2D eigenvalue weighted by atomic mass is 10.1. The van der Waals surface area contributed by atoms with Crippen molar-refractivity contribution >= 4 is 27.7 Å². The number of hydrogen-bond acceptors (Lipinski definition) is 5. The summed E-state index contributed by atoms with van der Waals surface area (Å²) in [6.07, 6.45) is 2.26. The smallest absolute Gasteiger partial charge is 0.273 e. The lowest BCUT2D eigenvalue weighted by Gasteiger charge is -2.12. The molecule has 0 aliphatic heterocycles. The van der Waals surface area contributed by atoms with Gasteiger partial charge in [0.25, 0.3) is 5.56 Å². The summed E-state index contributed by atoms with van der Waals surface area (Å²) in [6, 6.07) is 8.02. The Morgan fingerprint density at radius 2 is 2.04 bits per heavy atom. The van der Waals surface area contributed by atoms with E-state index in [4.69, 9.17) is 0 Å². The summed E-state index contributed by atoms with van der Waals surface area (Å²) in [5, 5.41) is 2.85. The van der Waals surface area contributed by atoms with E-state index in [1.54, 1.807) is 0 Å². The quantitative estimate of drug-likeness (QED) is 0.762. The molecule has 3 rings (SSSR count). The van der Waals surface area contributed by atoms with Crippen LogP contribution in [0.15, 0.2) is 35.4 Å². The number of nitrogens with one attached hydrogen (secondary N) is 1. The number of aromatic nitrogens is 3. The number of carbonyl (C=O) groups excluding carboxylic acids is 1. The van der Waals surface area contributed by atoms with Crippen LogP contribution in [0.1, 0.15) is 25.8 Å². The molecular formula is C18H20N4O2S. The second kappa shape index (κ2) is 7.14. The average Bonchev–Trinajstić information content (AvgIpc) is 3.02. The normalized spacial score (nSPS) is 12.3. The number of aryl methyl sites for hydroxylation is 1. The van der Waals surface area contributed by atoms with Crippen molar-refractivity contribution in [3.8, 4) is 11.3 Å². The Hall–Kier alpha value is -2.54. The number of nitrogens with zero attached hydrogens (tertiary/aromatic N) is 3. The predicted molar refractivity (Wildman–Crippen MR) is 99.7 cm³/mol. The third-order valence-corrected chi connectivity index (χ3v) is 4.93. The van der Waals surface area contributed by atoms with Gasteiger partial charge >= 0.3 is 0 Å². The van der Waals surface area contributed by atoms with Gasteiger partial charge < -0.3 is 5.32 Å². The van der Waals surface area contributed by atoms with Crippen LogP contribution in [0.25, 0.3) is 21.5 Å². The zero-order valence-electron chi connectivity index (χ0n) is 14.4. The Kier molecular flexibility index (Phi) is 4.94. The highest BCUT2D eigenvalue weighted by Crippen LogP contribution is 2.27. The van der Waals surface area contributed by atoms with E-state index in [2.05, 4.69) is 14.7 Å². The minimum absolute atomic E-state index is 0.0378. The van der Waals surface area contributed by atoms with Crippen LogP contribution in [0, 0.1) is 6.92 Å². The van der Waals surface area contributed by atoms with E-state index in [9.17, 15) is 9.59 Å². The molecule has 0 saturated carbocycles. The Morgan fingerprint density at radius 3 is 2.72 bits per heavy atom. The van der Waals surface area contributed by atoms with Crippen LogP contribution < -0.4 is 10.9 Å². The molecule has 1 N–H and O–H groups in total. The number of rotatable bonds is 5. The minimum Gasteiger partial charge on any atom is -0.352 e. The van der Waals surface area contributed by atoms with Crippen molar-refractivity contribution in [1.29, 1.82) is 0 Å². The molecule has 130 valence electrons. The van der Waals surface area contributed by atoms with Crippen molar-refractivity contribution in [2.45, 2.75) is 39.8 Å². The maximum absolute atomic E-state index is 12.6. The molecule has 1 atom stereocenters. The highest BCUT2D eigenvalue weighted by Gasteiger charge is 2.15. The molecule has 1 aromatic carbocycles. The monoisotopic (exact) mass is 356 g/mol. The lowest BCUT2D eigenvalue weighted by molar-refractivity contribution is -0.122. The molecule has 0 bridgehead atoms. The Morgan fingerprint density at radius 1 is 1.32 bits per heavy atom. The SMILES string of the molecule is CC[C@@H](C)NC(=O)Cn1cnc2c(-c3ccc(C)cc3)nsc2c1=O. The van der Waals surface area contributed by atoms with Gasteiger partial charge in [-0.25, -0.2) is 4.98 Å². The first-order chi connectivity index (χ1) is 12.0. The van der Waals surface area contributed by atoms with Crippen molar-refractivity contribution in [3.05, 3.63) is 46.5 Å². The molecule has 1 amide bonds. The zero-order chi connectivity index (χ0) is 18.0. The van der Waals surface area contributed by atoms with Gasteiger partial charge in [0.1, 0.15) is 22.5 Å². The van der Waals surface area contributed by atoms with Gasteiger partial charge in [-0.05, 0) is 31.8 Å². The van der Waals surface area contributed by atoms with Gasteiger partial charge in [-0.3, -0.25) is 14.2 Å². The predicted octanol–water partition coefficient (Wildman–Crippen LogP) is 2.74.